The van der Waals surface area contributed by atoms with E-state index < -0.39 is 11.6 Å². The third-order valence-corrected chi connectivity index (χ3v) is 4.34. The summed E-state index contributed by atoms with van der Waals surface area (Å²) in [7, 11) is 0. The molecule has 0 heterocycles. The van der Waals surface area contributed by atoms with Crippen LogP contribution >= 0.6 is 0 Å². The van der Waals surface area contributed by atoms with Gasteiger partial charge in [0.05, 0.1) is 0 Å². The van der Waals surface area contributed by atoms with Gasteiger partial charge in [-0.3, -0.25) is 0 Å². The number of hydrogen-bond acceptors (Lipinski definition) is 4. The Balaban J connectivity index is 2.39. The van der Waals surface area contributed by atoms with Gasteiger partial charge in [0.2, 0.25) is 12.2 Å². The molecule has 126 valence electrons. The van der Waals surface area contributed by atoms with E-state index in [4.69, 9.17) is 0 Å². The van der Waals surface area contributed by atoms with Crippen LogP contribution in [0, 0.1) is 0 Å². The van der Waals surface area contributed by atoms with Crippen molar-refractivity contribution < 1.29 is 9.59 Å². The van der Waals surface area contributed by atoms with E-state index in [1.54, 1.807) is 12.2 Å². The van der Waals surface area contributed by atoms with Crippen LogP contribution < -0.4 is 0 Å². The highest BCUT2D eigenvalue weighted by Crippen LogP contribution is 2.46. The molecular formula is C22H16N2O2. The standard InChI is InChI=1S/C22H16N2O2/c25-16-23-21(18-10-4-1-5-11-18)22(24-17-26,19-12-6-2-7-13-19)20-14-8-3-9-15-20/h1-15,21H. The molecule has 3 rings (SSSR count). The number of hydrogen-bond donors (Lipinski definition) is 0. The maximum absolute atomic E-state index is 11.5. The molecule has 4 heteroatoms. The topological polar surface area (TPSA) is 58.9 Å². The third-order valence-electron chi connectivity index (χ3n) is 4.34. The van der Waals surface area contributed by atoms with Gasteiger partial charge in [-0.15, -0.1) is 0 Å². The minimum atomic E-state index is -1.22. The Hall–Kier alpha value is -3.58. The highest BCUT2D eigenvalue weighted by molar-refractivity contribution is 5.50. The first-order valence-electron chi connectivity index (χ1n) is 8.15. The van der Waals surface area contributed by atoms with Crippen LogP contribution in [0.1, 0.15) is 22.7 Å². The molecule has 0 aliphatic carbocycles. The number of benzene rings is 3. The Morgan fingerprint density at radius 2 is 1.12 bits per heavy atom. The molecule has 0 bridgehead atoms. The van der Waals surface area contributed by atoms with Gasteiger partial charge >= 0.3 is 0 Å². The van der Waals surface area contributed by atoms with Crippen LogP contribution in [0.15, 0.2) is 101 Å². The molecule has 3 aromatic rings. The molecule has 1 atom stereocenters. The highest BCUT2D eigenvalue weighted by Gasteiger charge is 2.44. The van der Waals surface area contributed by atoms with Crippen molar-refractivity contribution in [3.8, 4) is 0 Å². The Kier molecular flexibility index (Phi) is 5.31. The van der Waals surface area contributed by atoms with E-state index in [2.05, 4.69) is 9.98 Å². The van der Waals surface area contributed by atoms with E-state index in [0.717, 1.165) is 16.7 Å². The van der Waals surface area contributed by atoms with Crippen molar-refractivity contribution in [3.63, 3.8) is 0 Å². The molecule has 0 aromatic heterocycles. The first-order valence-corrected chi connectivity index (χ1v) is 8.15. The fourth-order valence-corrected chi connectivity index (χ4v) is 3.23. The van der Waals surface area contributed by atoms with Gasteiger partial charge in [0.1, 0.15) is 6.04 Å². The highest BCUT2D eigenvalue weighted by atomic mass is 16.1. The third kappa shape index (κ3) is 3.15. The number of nitrogens with zero attached hydrogens (tertiary/aromatic N) is 2. The lowest BCUT2D eigenvalue weighted by atomic mass is 9.75. The molecule has 0 amide bonds. The van der Waals surface area contributed by atoms with Gasteiger partial charge in [0.25, 0.3) is 0 Å². The van der Waals surface area contributed by atoms with Gasteiger partial charge < -0.3 is 0 Å². The minimum Gasteiger partial charge on any atom is -0.211 e. The fraction of sp³-hybridized carbons (Fsp3) is 0.0909. The predicted octanol–water partition coefficient (Wildman–Crippen LogP) is 4.34. The van der Waals surface area contributed by atoms with Crippen molar-refractivity contribution in [2.24, 2.45) is 9.98 Å². The normalized spacial score (nSPS) is 11.7. The van der Waals surface area contributed by atoms with Gasteiger partial charge in [-0.1, -0.05) is 91.0 Å². The smallest absolute Gasteiger partial charge is 0.211 e. The van der Waals surface area contributed by atoms with Gasteiger partial charge in [0, 0.05) is 0 Å². The van der Waals surface area contributed by atoms with E-state index in [1.165, 1.54) is 0 Å². The van der Waals surface area contributed by atoms with Crippen LogP contribution in [0.4, 0.5) is 0 Å². The lowest BCUT2D eigenvalue weighted by Crippen LogP contribution is -2.32. The summed E-state index contributed by atoms with van der Waals surface area (Å²) in [4.78, 5) is 31.0. The van der Waals surface area contributed by atoms with Crippen molar-refractivity contribution in [1.82, 2.24) is 0 Å². The van der Waals surface area contributed by atoms with E-state index in [1.807, 2.05) is 91.0 Å². The molecule has 26 heavy (non-hydrogen) atoms. The van der Waals surface area contributed by atoms with Crippen molar-refractivity contribution in [1.29, 1.82) is 0 Å². The molecule has 0 radical (unpaired) electrons. The van der Waals surface area contributed by atoms with Gasteiger partial charge in [0.15, 0.2) is 5.54 Å². The molecule has 0 saturated carbocycles. The first-order chi connectivity index (χ1) is 12.8. The van der Waals surface area contributed by atoms with Crippen LogP contribution in [0.2, 0.25) is 0 Å². The Morgan fingerprint density at radius 3 is 1.54 bits per heavy atom. The summed E-state index contributed by atoms with van der Waals surface area (Å²) in [6, 6.07) is 27.2. The van der Waals surface area contributed by atoms with Crippen molar-refractivity contribution in [3.05, 3.63) is 108 Å². The largest absolute Gasteiger partial charge is 0.236 e. The maximum Gasteiger partial charge on any atom is 0.236 e. The van der Waals surface area contributed by atoms with E-state index >= 15 is 0 Å². The van der Waals surface area contributed by atoms with E-state index in [9.17, 15) is 9.59 Å². The maximum atomic E-state index is 11.5. The first kappa shape index (κ1) is 17.2. The van der Waals surface area contributed by atoms with Crippen LogP contribution in [-0.4, -0.2) is 12.2 Å². The van der Waals surface area contributed by atoms with E-state index in [0.29, 0.717) is 0 Å². The average Bonchev–Trinajstić information content (AvgIpc) is 2.72. The molecular weight excluding hydrogens is 324 g/mol. The molecule has 0 N–H and O–H groups in total. The van der Waals surface area contributed by atoms with E-state index in [-0.39, 0.29) is 0 Å². The van der Waals surface area contributed by atoms with Crippen LogP contribution in [0.25, 0.3) is 0 Å². The molecule has 0 aliphatic rings. The zero-order valence-electron chi connectivity index (χ0n) is 13.9. The fourth-order valence-electron chi connectivity index (χ4n) is 3.23. The van der Waals surface area contributed by atoms with Gasteiger partial charge in [-0.2, -0.15) is 9.98 Å². The number of isocyanates is 2. The summed E-state index contributed by atoms with van der Waals surface area (Å²) in [6.07, 6.45) is 3.35. The van der Waals surface area contributed by atoms with Crippen molar-refractivity contribution >= 4 is 12.2 Å². The zero-order chi connectivity index (χ0) is 18.2. The Labute approximate surface area is 151 Å². The summed E-state index contributed by atoms with van der Waals surface area (Å²) in [5.74, 6) is 0. The Morgan fingerprint density at radius 1 is 0.654 bits per heavy atom. The molecule has 0 fully saturated rings. The summed E-state index contributed by atoms with van der Waals surface area (Å²) in [5.41, 5.74) is 1.01. The summed E-state index contributed by atoms with van der Waals surface area (Å²) >= 11 is 0. The lowest BCUT2D eigenvalue weighted by molar-refractivity contribution is 0.428. The molecule has 0 spiro atoms. The van der Waals surface area contributed by atoms with Gasteiger partial charge in [-0.25, -0.2) is 9.59 Å². The molecule has 0 saturated heterocycles. The molecule has 3 aromatic carbocycles. The van der Waals surface area contributed by atoms with Crippen LogP contribution in [0.5, 0.6) is 0 Å². The second-order valence-electron chi connectivity index (χ2n) is 5.74. The summed E-state index contributed by atoms with van der Waals surface area (Å²) in [5, 5.41) is 0. The van der Waals surface area contributed by atoms with Crippen LogP contribution in [-0.2, 0) is 15.1 Å². The zero-order valence-corrected chi connectivity index (χ0v) is 13.9. The quantitative estimate of drug-likeness (QED) is 0.495. The van der Waals surface area contributed by atoms with Crippen molar-refractivity contribution in [2.45, 2.75) is 11.6 Å². The Bertz CT molecular complexity index is 904. The van der Waals surface area contributed by atoms with Crippen LogP contribution in [0.3, 0.4) is 0 Å². The lowest BCUT2D eigenvalue weighted by Gasteiger charge is -2.34. The van der Waals surface area contributed by atoms with Gasteiger partial charge in [-0.05, 0) is 16.7 Å². The number of carbonyl (C=O) groups excluding carboxylic acids is 2. The monoisotopic (exact) mass is 340 g/mol. The summed E-state index contributed by atoms with van der Waals surface area (Å²) in [6.45, 7) is 0. The molecule has 1 unspecified atom stereocenters. The number of rotatable bonds is 6. The molecule has 4 nitrogen and oxygen atoms in total. The summed E-state index contributed by atoms with van der Waals surface area (Å²) < 4.78 is 0. The van der Waals surface area contributed by atoms with Crippen molar-refractivity contribution in [2.75, 3.05) is 0 Å². The predicted molar refractivity (Wildman–Crippen MR) is 99.1 cm³/mol. The average molecular weight is 340 g/mol. The second-order valence-corrected chi connectivity index (χ2v) is 5.74. The SMILES string of the molecule is O=C=NC(c1ccccc1)C(N=C=O)(c1ccccc1)c1ccccc1. The molecule has 0 aliphatic heterocycles. The number of aliphatic imine (C=N–C) groups is 2. The minimum absolute atomic E-state index is 0.738. The second kappa shape index (κ2) is 8.00.